The van der Waals surface area contributed by atoms with Crippen LogP contribution in [0.4, 0.5) is 4.39 Å². The van der Waals surface area contributed by atoms with Crippen LogP contribution >= 0.6 is 0 Å². The number of allylic oxidation sites excluding steroid dienone is 2. The second kappa shape index (κ2) is 6.18. The lowest BCUT2D eigenvalue weighted by atomic mass is 10.0. The van der Waals surface area contributed by atoms with Gasteiger partial charge >= 0.3 is 0 Å². The molecule has 0 aromatic rings. The lowest BCUT2D eigenvalue weighted by Gasteiger charge is -2.24. The largest absolute Gasteiger partial charge is 0.340 e. The van der Waals surface area contributed by atoms with Crippen molar-refractivity contribution in [3.63, 3.8) is 0 Å². The van der Waals surface area contributed by atoms with E-state index in [1.54, 1.807) is 26.8 Å². The summed E-state index contributed by atoms with van der Waals surface area (Å²) in [7, 11) is 0. The third-order valence-electron chi connectivity index (χ3n) is 2.20. The summed E-state index contributed by atoms with van der Waals surface area (Å²) in [4.78, 5) is 13.0. The molecule has 1 amide bonds. The Morgan fingerprint density at radius 2 is 2.07 bits per heavy atom. The number of nitrogens with zero attached hydrogens (tertiary/aromatic N) is 2. The summed E-state index contributed by atoms with van der Waals surface area (Å²) in [6, 6.07) is 1.45. The van der Waals surface area contributed by atoms with Crippen molar-refractivity contribution in [2.24, 2.45) is 0 Å². The van der Waals surface area contributed by atoms with Crippen molar-refractivity contribution in [2.45, 2.75) is 32.9 Å². The van der Waals surface area contributed by atoms with E-state index in [2.05, 4.69) is 0 Å². The molecule has 0 radical (unpaired) electrons. The van der Waals surface area contributed by atoms with Crippen molar-refractivity contribution >= 4 is 5.91 Å². The summed E-state index contributed by atoms with van der Waals surface area (Å²) in [6.07, 6.45) is 2.93. The van der Waals surface area contributed by atoms with E-state index in [4.69, 9.17) is 5.26 Å². The van der Waals surface area contributed by atoms with Crippen LogP contribution in [0.1, 0.15) is 27.2 Å². The molecule has 1 unspecified atom stereocenters. The van der Waals surface area contributed by atoms with Crippen molar-refractivity contribution in [3.05, 3.63) is 12.2 Å². The Kier molecular flexibility index (Phi) is 5.61. The lowest BCUT2D eigenvalue weighted by Crippen LogP contribution is -2.45. The average molecular weight is 212 g/mol. The Bertz CT molecular complexity index is 279. The fourth-order valence-corrected chi connectivity index (χ4v) is 1.22. The van der Waals surface area contributed by atoms with Gasteiger partial charge in [0.1, 0.15) is 6.07 Å². The molecule has 3 nitrogen and oxygen atoms in total. The molecular formula is C11H17FN2O. The van der Waals surface area contributed by atoms with Crippen molar-refractivity contribution in [2.75, 3.05) is 13.1 Å². The SMILES string of the molecule is C/C=C\CC(F)(C#N)C(=O)N(CC)CC. The number of hydrogen-bond acceptors (Lipinski definition) is 2. The van der Waals surface area contributed by atoms with Crippen LogP contribution in [0.3, 0.4) is 0 Å². The minimum Gasteiger partial charge on any atom is -0.340 e. The highest BCUT2D eigenvalue weighted by Gasteiger charge is 2.40. The number of nitriles is 1. The molecule has 0 saturated carbocycles. The van der Waals surface area contributed by atoms with Gasteiger partial charge in [0.25, 0.3) is 11.6 Å². The number of rotatable bonds is 5. The first-order valence-corrected chi connectivity index (χ1v) is 5.06. The van der Waals surface area contributed by atoms with E-state index in [1.165, 1.54) is 17.0 Å². The van der Waals surface area contributed by atoms with Crippen LogP contribution in [0.25, 0.3) is 0 Å². The van der Waals surface area contributed by atoms with Gasteiger partial charge < -0.3 is 4.90 Å². The summed E-state index contributed by atoms with van der Waals surface area (Å²) >= 11 is 0. The molecule has 0 fully saturated rings. The van der Waals surface area contributed by atoms with E-state index >= 15 is 0 Å². The van der Waals surface area contributed by atoms with Gasteiger partial charge in [0.15, 0.2) is 0 Å². The zero-order valence-corrected chi connectivity index (χ0v) is 9.46. The number of amides is 1. The maximum absolute atomic E-state index is 13.9. The van der Waals surface area contributed by atoms with Gasteiger partial charge in [-0.25, -0.2) is 4.39 Å². The van der Waals surface area contributed by atoms with E-state index in [-0.39, 0.29) is 6.42 Å². The second-order valence-corrected chi connectivity index (χ2v) is 3.16. The normalized spacial score (nSPS) is 14.6. The molecule has 0 aromatic heterocycles. The Morgan fingerprint density at radius 1 is 1.53 bits per heavy atom. The van der Waals surface area contributed by atoms with Crippen molar-refractivity contribution in [1.29, 1.82) is 5.26 Å². The molecule has 0 saturated heterocycles. The Morgan fingerprint density at radius 3 is 2.40 bits per heavy atom. The van der Waals surface area contributed by atoms with Gasteiger partial charge in [-0.15, -0.1) is 0 Å². The van der Waals surface area contributed by atoms with E-state index in [0.29, 0.717) is 13.1 Å². The third kappa shape index (κ3) is 3.35. The summed E-state index contributed by atoms with van der Waals surface area (Å²) in [5.74, 6) is -0.743. The highest BCUT2D eigenvalue weighted by molar-refractivity contribution is 5.88. The number of halogens is 1. The highest BCUT2D eigenvalue weighted by atomic mass is 19.1. The monoisotopic (exact) mass is 212 g/mol. The summed E-state index contributed by atoms with van der Waals surface area (Å²) in [5, 5.41) is 8.72. The number of carbonyl (C=O) groups is 1. The number of hydrogen-bond donors (Lipinski definition) is 0. The fraction of sp³-hybridized carbons (Fsp3) is 0.636. The predicted molar refractivity (Wildman–Crippen MR) is 56.8 cm³/mol. The third-order valence-corrected chi connectivity index (χ3v) is 2.20. The first-order chi connectivity index (χ1) is 7.05. The maximum atomic E-state index is 13.9. The van der Waals surface area contributed by atoms with Gasteiger partial charge in [-0.1, -0.05) is 12.2 Å². The van der Waals surface area contributed by atoms with E-state index in [1.807, 2.05) is 0 Å². The molecule has 0 aliphatic heterocycles. The second-order valence-electron chi connectivity index (χ2n) is 3.16. The van der Waals surface area contributed by atoms with Gasteiger partial charge in [0.05, 0.1) is 0 Å². The van der Waals surface area contributed by atoms with Crippen LogP contribution in [0.15, 0.2) is 12.2 Å². The molecule has 0 rings (SSSR count). The Labute approximate surface area is 90.2 Å². The number of alkyl halides is 1. The Balaban J connectivity index is 4.80. The molecule has 0 bridgehead atoms. The molecule has 0 N–H and O–H groups in total. The molecule has 1 atom stereocenters. The van der Waals surface area contributed by atoms with Crippen molar-refractivity contribution in [3.8, 4) is 6.07 Å². The molecule has 0 aromatic carbocycles. The van der Waals surface area contributed by atoms with E-state index in [0.717, 1.165) is 0 Å². The predicted octanol–water partition coefficient (Wildman–Crippen LogP) is 2.05. The van der Waals surface area contributed by atoms with E-state index < -0.39 is 11.6 Å². The van der Waals surface area contributed by atoms with Crippen LogP contribution in [0.5, 0.6) is 0 Å². The molecule has 0 heterocycles. The molecule has 0 aliphatic carbocycles. The van der Waals surface area contributed by atoms with Gasteiger partial charge in [0, 0.05) is 19.5 Å². The van der Waals surface area contributed by atoms with Gasteiger partial charge in [-0.05, 0) is 20.8 Å². The minimum atomic E-state index is -2.42. The molecule has 84 valence electrons. The van der Waals surface area contributed by atoms with Gasteiger partial charge in [-0.3, -0.25) is 4.79 Å². The van der Waals surface area contributed by atoms with Crippen LogP contribution < -0.4 is 0 Å². The standard InChI is InChI=1S/C11H17FN2O/c1-4-7-8-11(12,9-13)10(15)14(5-2)6-3/h4,7H,5-6,8H2,1-3H3/b7-4-. The van der Waals surface area contributed by atoms with Crippen LogP contribution in [-0.4, -0.2) is 29.6 Å². The molecular weight excluding hydrogens is 195 g/mol. The van der Waals surface area contributed by atoms with Crippen molar-refractivity contribution in [1.82, 2.24) is 4.90 Å². The highest BCUT2D eigenvalue weighted by Crippen LogP contribution is 2.19. The zero-order chi connectivity index (χ0) is 11.9. The maximum Gasteiger partial charge on any atom is 0.276 e. The average Bonchev–Trinajstić information content (AvgIpc) is 2.27. The molecule has 0 aliphatic rings. The summed E-state index contributed by atoms with van der Waals surface area (Å²) in [6.45, 7) is 6.07. The molecule has 15 heavy (non-hydrogen) atoms. The van der Waals surface area contributed by atoms with Crippen LogP contribution in [0, 0.1) is 11.3 Å². The lowest BCUT2D eigenvalue weighted by molar-refractivity contribution is -0.139. The Hall–Kier alpha value is -1.37. The zero-order valence-electron chi connectivity index (χ0n) is 9.46. The fourth-order valence-electron chi connectivity index (χ4n) is 1.22. The quantitative estimate of drug-likeness (QED) is 0.655. The minimum absolute atomic E-state index is 0.185. The van der Waals surface area contributed by atoms with Crippen LogP contribution in [0.2, 0.25) is 0 Å². The van der Waals surface area contributed by atoms with Gasteiger partial charge in [0.2, 0.25) is 0 Å². The first kappa shape index (κ1) is 13.6. The summed E-state index contributed by atoms with van der Waals surface area (Å²) < 4.78 is 13.9. The molecule has 4 heteroatoms. The molecule has 0 spiro atoms. The van der Waals surface area contributed by atoms with Crippen LogP contribution in [-0.2, 0) is 4.79 Å². The van der Waals surface area contributed by atoms with Gasteiger partial charge in [-0.2, -0.15) is 5.26 Å². The smallest absolute Gasteiger partial charge is 0.276 e. The number of carbonyl (C=O) groups excluding carboxylic acids is 1. The summed E-state index contributed by atoms with van der Waals surface area (Å²) in [5.41, 5.74) is -2.42. The van der Waals surface area contributed by atoms with Crippen molar-refractivity contribution < 1.29 is 9.18 Å². The van der Waals surface area contributed by atoms with E-state index in [9.17, 15) is 9.18 Å². The topological polar surface area (TPSA) is 44.1 Å². The first-order valence-electron chi connectivity index (χ1n) is 5.06.